The summed E-state index contributed by atoms with van der Waals surface area (Å²) in [5.74, 6) is -0.177. The third-order valence-electron chi connectivity index (χ3n) is 2.73. The van der Waals surface area contributed by atoms with Gasteiger partial charge in [-0.1, -0.05) is 34.8 Å². The molecule has 0 radical (unpaired) electrons. The Bertz CT molecular complexity index is 677. The topological polar surface area (TPSA) is 34.9 Å². The highest BCUT2D eigenvalue weighted by Crippen LogP contribution is 2.23. The molecule has 0 N–H and O–H groups in total. The molecule has 20 heavy (non-hydrogen) atoms. The predicted octanol–water partition coefficient (Wildman–Crippen LogP) is 4.76. The van der Waals surface area contributed by atoms with Crippen LogP contribution >= 0.6 is 34.8 Å². The van der Waals surface area contributed by atoms with Gasteiger partial charge in [0.05, 0.1) is 27.0 Å². The SMILES string of the molecule is CCn1ncc(Cl)c1/C=C/C(=O)c1ccc(Cl)c(Cl)c1. The van der Waals surface area contributed by atoms with Crippen LogP contribution in [0.3, 0.4) is 0 Å². The zero-order valence-corrected chi connectivity index (χ0v) is 12.9. The van der Waals surface area contributed by atoms with E-state index in [4.69, 9.17) is 34.8 Å². The second-order valence-electron chi connectivity index (χ2n) is 4.02. The van der Waals surface area contributed by atoms with Crippen molar-refractivity contribution in [2.45, 2.75) is 13.5 Å². The second kappa shape index (κ2) is 6.44. The lowest BCUT2D eigenvalue weighted by Gasteiger charge is -2.01. The van der Waals surface area contributed by atoms with Crippen LogP contribution in [0.2, 0.25) is 15.1 Å². The van der Waals surface area contributed by atoms with E-state index in [0.717, 1.165) is 0 Å². The van der Waals surface area contributed by atoms with Crippen molar-refractivity contribution in [1.82, 2.24) is 9.78 Å². The maximum absolute atomic E-state index is 12.1. The Labute approximate surface area is 131 Å². The van der Waals surface area contributed by atoms with Gasteiger partial charge in [-0.15, -0.1) is 0 Å². The van der Waals surface area contributed by atoms with Crippen LogP contribution in [0.4, 0.5) is 0 Å². The maximum Gasteiger partial charge on any atom is 0.185 e. The number of aryl methyl sites for hydroxylation is 1. The van der Waals surface area contributed by atoms with Crippen LogP contribution in [-0.4, -0.2) is 15.6 Å². The number of aromatic nitrogens is 2. The van der Waals surface area contributed by atoms with Gasteiger partial charge in [0.2, 0.25) is 0 Å². The number of nitrogens with zero attached hydrogens (tertiary/aromatic N) is 2. The van der Waals surface area contributed by atoms with E-state index in [9.17, 15) is 4.79 Å². The summed E-state index contributed by atoms with van der Waals surface area (Å²) in [4.78, 5) is 12.1. The van der Waals surface area contributed by atoms with Crippen LogP contribution in [0.1, 0.15) is 23.0 Å². The molecule has 0 aliphatic rings. The zero-order chi connectivity index (χ0) is 14.7. The molecule has 0 aliphatic heterocycles. The molecule has 0 spiro atoms. The van der Waals surface area contributed by atoms with E-state index < -0.39 is 0 Å². The normalized spacial score (nSPS) is 11.2. The van der Waals surface area contributed by atoms with Crippen molar-refractivity contribution >= 4 is 46.7 Å². The van der Waals surface area contributed by atoms with E-state index in [0.29, 0.717) is 32.9 Å². The monoisotopic (exact) mass is 328 g/mol. The lowest BCUT2D eigenvalue weighted by molar-refractivity contribution is 0.104. The van der Waals surface area contributed by atoms with Gasteiger partial charge >= 0.3 is 0 Å². The Morgan fingerprint density at radius 1 is 1.25 bits per heavy atom. The summed E-state index contributed by atoms with van der Waals surface area (Å²) >= 11 is 17.7. The van der Waals surface area contributed by atoms with E-state index in [1.165, 1.54) is 12.1 Å². The minimum atomic E-state index is -0.177. The van der Waals surface area contributed by atoms with Crippen LogP contribution < -0.4 is 0 Å². The van der Waals surface area contributed by atoms with E-state index in [1.54, 1.807) is 29.1 Å². The van der Waals surface area contributed by atoms with Crippen LogP contribution in [0.15, 0.2) is 30.5 Å². The summed E-state index contributed by atoms with van der Waals surface area (Å²) in [6, 6.07) is 4.75. The number of hydrogen-bond donors (Lipinski definition) is 0. The summed E-state index contributed by atoms with van der Waals surface area (Å²) in [7, 11) is 0. The Kier molecular flexibility index (Phi) is 4.86. The summed E-state index contributed by atoms with van der Waals surface area (Å²) in [5, 5.41) is 5.36. The molecule has 0 bridgehead atoms. The highest BCUT2D eigenvalue weighted by atomic mass is 35.5. The van der Waals surface area contributed by atoms with Crippen molar-refractivity contribution in [3.05, 3.63) is 56.8 Å². The Hall–Kier alpha value is -1.29. The minimum Gasteiger partial charge on any atom is -0.289 e. The first-order valence-corrected chi connectivity index (χ1v) is 7.05. The molecule has 0 saturated carbocycles. The van der Waals surface area contributed by atoms with E-state index in [-0.39, 0.29) is 5.78 Å². The highest BCUT2D eigenvalue weighted by molar-refractivity contribution is 6.42. The van der Waals surface area contributed by atoms with Gasteiger partial charge in [0.1, 0.15) is 0 Å². The molecule has 2 aromatic rings. The van der Waals surface area contributed by atoms with Crippen LogP contribution in [0.5, 0.6) is 0 Å². The molecule has 1 aromatic heterocycles. The van der Waals surface area contributed by atoms with Gasteiger partial charge in [-0.25, -0.2) is 0 Å². The Morgan fingerprint density at radius 2 is 2.00 bits per heavy atom. The molecule has 1 heterocycles. The first kappa shape index (κ1) is 15.1. The van der Waals surface area contributed by atoms with Gasteiger partial charge < -0.3 is 0 Å². The summed E-state index contributed by atoms with van der Waals surface area (Å²) in [6.07, 6.45) is 4.63. The number of allylic oxidation sites excluding steroid dienone is 1. The van der Waals surface area contributed by atoms with Gasteiger partial charge in [0, 0.05) is 12.1 Å². The summed E-state index contributed by atoms with van der Waals surface area (Å²) in [6.45, 7) is 2.62. The fraction of sp³-hybridized carbons (Fsp3) is 0.143. The number of halogens is 3. The standard InChI is InChI=1S/C14H11Cl3N2O/c1-2-19-13(12(17)8-18-19)5-6-14(20)9-3-4-10(15)11(16)7-9/h3-8H,2H2,1H3/b6-5+. The average molecular weight is 330 g/mol. The summed E-state index contributed by atoms with van der Waals surface area (Å²) < 4.78 is 1.71. The minimum absolute atomic E-state index is 0.177. The smallest absolute Gasteiger partial charge is 0.185 e. The molecule has 0 aliphatic carbocycles. The molecule has 0 atom stereocenters. The Morgan fingerprint density at radius 3 is 2.65 bits per heavy atom. The average Bonchev–Trinajstić information content (AvgIpc) is 2.79. The molecule has 0 saturated heterocycles. The van der Waals surface area contributed by atoms with Crippen LogP contribution in [0, 0.1) is 0 Å². The largest absolute Gasteiger partial charge is 0.289 e. The van der Waals surface area contributed by atoms with Crippen molar-refractivity contribution in [3.8, 4) is 0 Å². The molecule has 1 aromatic carbocycles. The number of hydrogen-bond acceptors (Lipinski definition) is 2. The number of benzene rings is 1. The molecule has 0 fully saturated rings. The van der Waals surface area contributed by atoms with Gasteiger partial charge in [0.25, 0.3) is 0 Å². The first-order valence-electron chi connectivity index (χ1n) is 5.91. The van der Waals surface area contributed by atoms with Crippen LogP contribution in [-0.2, 0) is 6.54 Å². The van der Waals surface area contributed by atoms with Gasteiger partial charge in [-0.3, -0.25) is 9.48 Å². The second-order valence-corrected chi connectivity index (χ2v) is 5.24. The lowest BCUT2D eigenvalue weighted by Crippen LogP contribution is -1.99. The van der Waals surface area contributed by atoms with E-state index in [2.05, 4.69) is 5.10 Å². The number of ketones is 1. The maximum atomic E-state index is 12.1. The van der Waals surface area contributed by atoms with Crippen molar-refractivity contribution in [2.24, 2.45) is 0 Å². The highest BCUT2D eigenvalue weighted by Gasteiger charge is 2.08. The molecule has 3 nitrogen and oxygen atoms in total. The van der Waals surface area contributed by atoms with Crippen molar-refractivity contribution < 1.29 is 4.79 Å². The molecule has 104 valence electrons. The fourth-order valence-corrected chi connectivity index (χ4v) is 2.19. The number of carbonyl (C=O) groups excluding carboxylic acids is 1. The Balaban J connectivity index is 2.24. The lowest BCUT2D eigenvalue weighted by atomic mass is 10.1. The first-order chi connectivity index (χ1) is 9.52. The van der Waals surface area contributed by atoms with Crippen molar-refractivity contribution in [3.63, 3.8) is 0 Å². The molecular formula is C14H11Cl3N2O. The van der Waals surface area contributed by atoms with Crippen LogP contribution in [0.25, 0.3) is 6.08 Å². The quantitative estimate of drug-likeness (QED) is 0.599. The van der Waals surface area contributed by atoms with Gasteiger partial charge in [0.15, 0.2) is 5.78 Å². The van der Waals surface area contributed by atoms with Crippen molar-refractivity contribution in [2.75, 3.05) is 0 Å². The number of rotatable bonds is 4. The summed E-state index contributed by atoms with van der Waals surface area (Å²) in [5.41, 5.74) is 1.16. The van der Waals surface area contributed by atoms with E-state index >= 15 is 0 Å². The molecule has 2 rings (SSSR count). The third-order valence-corrected chi connectivity index (χ3v) is 3.76. The van der Waals surface area contributed by atoms with Gasteiger partial charge in [-0.05, 0) is 37.3 Å². The van der Waals surface area contributed by atoms with Crippen molar-refractivity contribution in [1.29, 1.82) is 0 Å². The van der Waals surface area contributed by atoms with E-state index in [1.807, 2.05) is 6.92 Å². The molecule has 0 amide bonds. The third kappa shape index (κ3) is 3.23. The molecule has 6 heteroatoms. The van der Waals surface area contributed by atoms with Gasteiger partial charge in [-0.2, -0.15) is 5.10 Å². The predicted molar refractivity (Wildman–Crippen MR) is 82.7 cm³/mol. The fourth-order valence-electron chi connectivity index (χ4n) is 1.69. The number of carbonyl (C=O) groups is 1. The zero-order valence-electron chi connectivity index (χ0n) is 10.6. The molecule has 0 unspecified atom stereocenters. The molecular weight excluding hydrogens is 319 g/mol.